The molecule has 1 saturated heterocycles. The molecule has 9 nitrogen and oxygen atoms in total. The highest BCUT2D eigenvalue weighted by Crippen LogP contribution is 2.17. The Hall–Kier alpha value is -2.27. The first-order chi connectivity index (χ1) is 11.5. The van der Waals surface area contributed by atoms with Gasteiger partial charge < -0.3 is 20.8 Å². The first-order valence-corrected chi connectivity index (χ1v) is 8.01. The van der Waals surface area contributed by atoms with Gasteiger partial charge in [0.15, 0.2) is 10.8 Å². The highest BCUT2D eigenvalue weighted by atomic mass is 35.5. The van der Waals surface area contributed by atoms with Crippen LogP contribution in [0.4, 0.5) is 9.52 Å². The molecule has 1 aliphatic rings. The Morgan fingerprint density at radius 2 is 2.33 bits per heavy atom. The number of aromatic nitrogens is 1. The highest BCUT2D eigenvalue weighted by Gasteiger charge is 2.41. The van der Waals surface area contributed by atoms with Gasteiger partial charge in [0.25, 0.3) is 5.91 Å². The molecule has 2 heterocycles. The second kappa shape index (κ2) is 8.02. The number of halogens is 2. The number of nitrogens with zero attached hydrogens (tertiary/aromatic N) is 2. The second-order valence-electron chi connectivity index (χ2n) is 4.56. The van der Waals surface area contributed by atoms with Crippen LogP contribution in [-0.2, 0) is 19.2 Å². The summed E-state index contributed by atoms with van der Waals surface area (Å²) in [6, 6.07) is -1.77. The molecule has 0 aliphatic carbocycles. The maximum atomic E-state index is 12.7. The van der Waals surface area contributed by atoms with E-state index in [0.717, 1.165) is 11.3 Å². The van der Waals surface area contributed by atoms with Crippen molar-refractivity contribution in [1.29, 1.82) is 0 Å². The Morgan fingerprint density at radius 3 is 2.92 bits per heavy atom. The molecule has 0 bridgehead atoms. The zero-order chi connectivity index (χ0) is 17.7. The van der Waals surface area contributed by atoms with Crippen molar-refractivity contribution in [3.63, 3.8) is 0 Å². The molecule has 3 amide bonds. The van der Waals surface area contributed by atoms with Gasteiger partial charge in [0.05, 0.1) is 6.04 Å². The van der Waals surface area contributed by atoms with E-state index in [0.29, 0.717) is 0 Å². The number of nitrogens with one attached hydrogen (secondary N) is 3. The molecule has 0 aromatic carbocycles. The van der Waals surface area contributed by atoms with E-state index in [2.05, 4.69) is 30.9 Å². The van der Waals surface area contributed by atoms with Crippen molar-refractivity contribution in [2.24, 2.45) is 5.16 Å². The summed E-state index contributed by atoms with van der Waals surface area (Å²) >= 11 is 6.43. The van der Waals surface area contributed by atoms with Crippen LogP contribution in [0.1, 0.15) is 5.69 Å². The van der Waals surface area contributed by atoms with Crippen LogP contribution in [0.3, 0.4) is 0 Å². The summed E-state index contributed by atoms with van der Waals surface area (Å²) in [6.45, 7) is -0.807. The third-order valence-electron chi connectivity index (χ3n) is 2.98. The lowest BCUT2D eigenvalue weighted by molar-refractivity contribution is -0.135. The molecule has 1 fully saturated rings. The normalized spacial score (nSPS) is 20.0. The number of thiazole rings is 1. The second-order valence-corrected chi connectivity index (χ2v) is 5.69. The summed E-state index contributed by atoms with van der Waals surface area (Å²) in [7, 11) is 1.23. The van der Waals surface area contributed by atoms with Crippen molar-refractivity contribution < 1.29 is 23.6 Å². The molecule has 0 spiro atoms. The minimum Gasteiger partial charge on any atom is -0.398 e. The monoisotopic (exact) mass is 377 g/mol. The Bertz CT molecular complexity index is 682. The Morgan fingerprint density at radius 1 is 1.58 bits per heavy atom. The summed E-state index contributed by atoms with van der Waals surface area (Å²) < 4.78 is 12.7. The van der Waals surface area contributed by atoms with Crippen molar-refractivity contribution in [2.75, 3.05) is 25.0 Å². The topological polar surface area (TPSA) is 122 Å². The summed E-state index contributed by atoms with van der Waals surface area (Å²) in [4.78, 5) is 43.5. The van der Waals surface area contributed by atoms with E-state index >= 15 is 0 Å². The van der Waals surface area contributed by atoms with Crippen LogP contribution < -0.4 is 16.0 Å². The predicted molar refractivity (Wildman–Crippen MR) is 84.8 cm³/mol. The van der Waals surface area contributed by atoms with Gasteiger partial charge in [-0.25, -0.2) is 9.37 Å². The van der Waals surface area contributed by atoms with Gasteiger partial charge in [-0.3, -0.25) is 14.4 Å². The Balaban J connectivity index is 2.11. The maximum absolute atomic E-state index is 12.7. The van der Waals surface area contributed by atoms with Gasteiger partial charge in [-0.15, -0.1) is 22.9 Å². The fraction of sp³-hybridized carbons (Fsp3) is 0.417. The van der Waals surface area contributed by atoms with Gasteiger partial charge in [0.1, 0.15) is 31.4 Å². The van der Waals surface area contributed by atoms with E-state index in [-0.39, 0.29) is 22.4 Å². The fourth-order valence-corrected chi connectivity index (χ4v) is 2.61. The van der Waals surface area contributed by atoms with Crippen LogP contribution in [0.2, 0.25) is 0 Å². The number of anilines is 1. The Labute approximate surface area is 144 Å². The van der Waals surface area contributed by atoms with E-state index in [9.17, 15) is 18.8 Å². The summed E-state index contributed by atoms with van der Waals surface area (Å²) in [5.74, 6) is -1.94. The van der Waals surface area contributed by atoms with E-state index in [1.54, 1.807) is 0 Å². The van der Waals surface area contributed by atoms with Crippen molar-refractivity contribution in [2.45, 2.75) is 12.1 Å². The van der Waals surface area contributed by atoms with Crippen molar-refractivity contribution >= 4 is 51.5 Å². The summed E-state index contributed by atoms with van der Waals surface area (Å²) in [5.41, 5.74) is -0.0850. The largest absolute Gasteiger partial charge is 0.398 e. The molecule has 0 saturated carbocycles. The number of hydrogen-bond acceptors (Lipinski definition) is 7. The number of oxime groups is 1. The number of carbonyl (C=O) groups excluding carboxylic acids is 3. The molecule has 24 heavy (non-hydrogen) atoms. The predicted octanol–water partition coefficient (Wildman–Crippen LogP) is -0.376. The molecule has 12 heteroatoms. The molecule has 0 radical (unpaired) electrons. The Kier molecular flexibility index (Phi) is 6.04. The zero-order valence-electron chi connectivity index (χ0n) is 12.3. The van der Waals surface area contributed by atoms with Gasteiger partial charge in [0, 0.05) is 5.38 Å². The lowest BCUT2D eigenvalue weighted by Gasteiger charge is -2.35. The lowest BCUT2D eigenvalue weighted by atomic mass is 10.00. The number of amides is 3. The third-order valence-corrected chi connectivity index (χ3v) is 3.98. The lowest BCUT2D eigenvalue weighted by Crippen LogP contribution is -2.70. The van der Waals surface area contributed by atoms with Crippen molar-refractivity contribution in [3.05, 3.63) is 11.1 Å². The van der Waals surface area contributed by atoms with E-state index in [1.165, 1.54) is 12.5 Å². The average Bonchev–Trinajstić information content (AvgIpc) is 3.02. The van der Waals surface area contributed by atoms with Crippen LogP contribution in [0, 0.1) is 0 Å². The molecule has 1 aromatic rings. The van der Waals surface area contributed by atoms with E-state index in [1.807, 2.05) is 0 Å². The summed E-state index contributed by atoms with van der Waals surface area (Å²) in [5, 5.41) is 12.4. The molecule has 2 atom stereocenters. The minimum atomic E-state index is -0.987. The fourth-order valence-electron chi connectivity index (χ4n) is 1.83. The van der Waals surface area contributed by atoms with Crippen LogP contribution in [-0.4, -0.2) is 60.2 Å². The molecule has 1 aromatic heterocycles. The van der Waals surface area contributed by atoms with Gasteiger partial charge in [-0.2, -0.15) is 0 Å². The smallest absolute Gasteiger partial charge is 0.276 e. The SMILES string of the molecule is CON=C(C(=O)N[C@@H]1C(=O)N[C@@H]1CF)c1csc(NC(=O)CCl)n1. The van der Waals surface area contributed by atoms with Crippen LogP contribution >= 0.6 is 22.9 Å². The maximum Gasteiger partial charge on any atom is 0.276 e. The number of carbonyl (C=O) groups is 3. The average molecular weight is 378 g/mol. The molecule has 2 rings (SSSR count). The molecule has 1 aliphatic heterocycles. The number of hydrogen-bond donors (Lipinski definition) is 3. The van der Waals surface area contributed by atoms with Crippen molar-refractivity contribution in [3.8, 4) is 0 Å². The van der Waals surface area contributed by atoms with E-state index < -0.39 is 36.5 Å². The molecule has 0 unspecified atom stereocenters. The van der Waals surface area contributed by atoms with Crippen LogP contribution in [0.15, 0.2) is 10.5 Å². The van der Waals surface area contributed by atoms with Crippen LogP contribution in [0.25, 0.3) is 0 Å². The standard InChI is InChI=1S/C12H13ClFN5O4S/c1-23-19-9(6-4-24-12(16-6)17-7(20)2-13)11(22)18-8-5(3-14)15-10(8)21/h4-5,8H,2-3H2,1H3,(H,15,21)(H,18,22)(H,16,17,20)/t5-,8+/m1/s1. The van der Waals surface area contributed by atoms with Gasteiger partial charge in [-0.1, -0.05) is 5.16 Å². The first-order valence-electron chi connectivity index (χ1n) is 6.60. The molecular formula is C12H13ClFN5O4S. The zero-order valence-corrected chi connectivity index (χ0v) is 13.9. The van der Waals surface area contributed by atoms with E-state index in [4.69, 9.17) is 11.6 Å². The highest BCUT2D eigenvalue weighted by molar-refractivity contribution is 7.14. The summed E-state index contributed by atoms with van der Waals surface area (Å²) in [6.07, 6.45) is 0. The number of rotatable bonds is 7. The number of β-lactam (4-membered cyclic amide) rings is 1. The number of alkyl halides is 2. The molecule has 130 valence electrons. The first kappa shape index (κ1) is 18.1. The van der Waals surface area contributed by atoms with Crippen molar-refractivity contribution in [1.82, 2.24) is 15.6 Å². The van der Waals surface area contributed by atoms with Gasteiger partial charge >= 0.3 is 0 Å². The quantitative estimate of drug-likeness (QED) is 0.259. The molecular weight excluding hydrogens is 365 g/mol. The minimum absolute atomic E-state index is 0.126. The molecule has 3 N–H and O–H groups in total. The van der Waals surface area contributed by atoms with Gasteiger partial charge in [-0.05, 0) is 0 Å². The van der Waals surface area contributed by atoms with Gasteiger partial charge in [0.2, 0.25) is 11.8 Å². The van der Waals surface area contributed by atoms with Crippen LogP contribution in [0.5, 0.6) is 0 Å². The third kappa shape index (κ3) is 3.97.